The smallest absolute Gasteiger partial charge is 0.245 e. The van der Waals surface area contributed by atoms with E-state index in [1.165, 1.54) is 10.9 Å². The van der Waals surface area contributed by atoms with E-state index in [2.05, 4.69) is 36.5 Å². The zero-order valence-electron chi connectivity index (χ0n) is 20.1. The highest BCUT2D eigenvalue weighted by Gasteiger charge is 2.28. The number of nitriles is 1. The van der Waals surface area contributed by atoms with Gasteiger partial charge in [0.25, 0.3) is 0 Å². The second-order valence-electron chi connectivity index (χ2n) is 8.58. The molecule has 0 aliphatic carbocycles. The van der Waals surface area contributed by atoms with Crippen molar-refractivity contribution in [2.75, 3.05) is 23.4 Å². The van der Waals surface area contributed by atoms with E-state index in [1.807, 2.05) is 24.3 Å². The molecule has 14 heteroatoms. The highest BCUT2D eigenvalue weighted by Crippen LogP contribution is 2.22. The van der Waals surface area contributed by atoms with Crippen LogP contribution < -0.4 is 15.4 Å². The van der Waals surface area contributed by atoms with Crippen LogP contribution in [0.15, 0.2) is 42.9 Å². The summed E-state index contributed by atoms with van der Waals surface area (Å²) in [5.74, 6) is 0.551. The summed E-state index contributed by atoms with van der Waals surface area (Å²) in [6.07, 6.45) is 7.33. The number of hydrogen-bond donors (Lipinski definition) is 3. The normalized spacial score (nSPS) is 15.4. The van der Waals surface area contributed by atoms with Crippen molar-refractivity contribution < 1.29 is 13.2 Å². The van der Waals surface area contributed by atoms with Crippen molar-refractivity contribution in [3.05, 3.63) is 59.0 Å². The molecule has 1 fully saturated rings. The Labute approximate surface area is 219 Å². The lowest BCUT2D eigenvalue weighted by Gasteiger charge is -2.19. The fourth-order valence-corrected chi connectivity index (χ4v) is 4.46. The van der Waals surface area contributed by atoms with Crippen LogP contribution in [0.25, 0.3) is 0 Å². The number of carbonyl (C=O) groups is 1. The number of nitrogens with zero attached hydrogens (tertiary/aromatic N) is 6. The quantitative estimate of drug-likeness (QED) is 0.348. The molecule has 12 nitrogen and oxygen atoms in total. The minimum atomic E-state index is -3.28. The summed E-state index contributed by atoms with van der Waals surface area (Å²) in [5.41, 5.74) is 2.33. The Hall–Kier alpha value is -3.73. The van der Waals surface area contributed by atoms with Gasteiger partial charge in [-0.25, -0.2) is 18.1 Å². The van der Waals surface area contributed by atoms with Crippen LogP contribution in [-0.4, -0.2) is 57.8 Å². The Morgan fingerprint density at radius 2 is 2.05 bits per heavy atom. The second kappa shape index (κ2) is 11.5. The molecule has 194 valence electrons. The molecule has 3 heterocycles. The summed E-state index contributed by atoms with van der Waals surface area (Å²) in [4.78, 5) is 22.8. The predicted molar refractivity (Wildman–Crippen MR) is 138 cm³/mol. The van der Waals surface area contributed by atoms with Crippen molar-refractivity contribution in [3.63, 3.8) is 0 Å². The number of hydrogen-bond acceptors (Lipinski definition) is 9. The molecule has 1 saturated heterocycles. The predicted octanol–water partition coefficient (Wildman–Crippen LogP) is 2.25. The number of benzene rings is 1. The third-order valence-electron chi connectivity index (χ3n) is 5.64. The van der Waals surface area contributed by atoms with Gasteiger partial charge in [0.1, 0.15) is 17.6 Å². The van der Waals surface area contributed by atoms with Crippen LogP contribution in [0, 0.1) is 11.3 Å². The first-order valence-corrected chi connectivity index (χ1v) is 13.7. The van der Waals surface area contributed by atoms with Crippen molar-refractivity contribution >= 4 is 45.0 Å². The van der Waals surface area contributed by atoms with E-state index in [-0.39, 0.29) is 31.0 Å². The first-order valence-electron chi connectivity index (χ1n) is 11.5. The number of amides is 1. The minimum Gasteiger partial charge on any atom is -0.365 e. The lowest BCUT2D eigenvalue weighted by atomic mass is 10.1. The summed E-state index contributed by atoms with van der Waals surface area (Å²) in [6.45, 7) is 1.22. The van der Waals surface area contributed by atoms with Gasteiger partial charge in [-0.1, -0.05) is 35.9 Å². The molecule has 1 aliphatic heterocycles. The summed E-state index contributed by atoms with van der Waals surface area (Å²) in [5, 5.41) is 20.0. The maximum Gasteiger partial charge on any atom is 0.245 e. The summed E-state index contributed by atoms with van der Waals surface area (Å²) in [7, 11) is -3.28. The Bertz CT molecular complexity index is 1420. The van der Waals surface area contributed by atoms with Crippen LogP contribution in [0.3, 0.4) is 0 Å². The lowest BCUT2D eigenvalue weighted by Crippen LogP contribution is -2.37. The number of halogens is 1. The third-order valence-corrected chi connectivity index (χ3v) is 6.59. The van der Waals surface area contributed by atoms with Gasteiger partial charge >= 0.3 is 0 Å². The first-order chi connectivity index (χ1) is 17.7. The summed E-state index contributed by atoms with van der Waals surface area (Å²) in [6, 6.07) is 9.26. The van der Waals surface area contributed by atoms with Gasteiger partial charge in [-0.15, -0.1) is 0 Å². The van der Waals surface area contributed by atoms with Crippen LogP contribution in [0.1, 0.15) is 24.0 Å². The second-order valence-corrected chi connectivity index (χ2v) is 10.8. The number of anilines is 3. The van der Waals surface area contributed by atoms with Crippen molar-refractivity contribution in [3.8, 4) is 6.07 Å². The van der Waals surface area contributed by atoms with Crippen molar-refractivity contribution in [2.24, 2.45) is 0 Å². The number of carbonyl (C=O) groups excluding carboxylic acids is 1. The van der Waals surface area contributed by atoms with E-state index >= 15 is 0 Å². The molecule has 2 aromatic heterocycles. The summed E-state index contributed by atoms with van der Waals surface area (Å²) >= 11 is 6.27. The number of likely N-dealkylation sites (tertiary alicyclic amines) is 1. The van der Waals surface area contributed by atoms with Crippen LogP contribution in [0.4, 0.5) is 17.5 Å². The fourth-order valence-electron chi connectivity index (χ4n) is 3.87. The van der Waals surface area contributed by atoms with E-state index in [1.54, 1.807) is 17.3 Å². The van der Waals surface area contributed by atoms with Crippen molar-refractivity contribution in [2.45, 2.75) is 38.5 Å². The minimum absolute atomic E-state index is 0.0346. The standard InChI is InChI=1S/C23H26ClN9O3S/c1-37(35,36)29-11-17-5-2-4-16(8-17)10-26-22-20(24)13-27-23(31-22)30-18-12-28-32(14-18)15-21(34)33-7-3-6-19(33)9-25/h2,4-5,8,12-14,19,29H,3,6-7,10-11,15H2,1H3,(H2,26,27,30,31)/t19-/m1/s1. The topological polar surface area (TPSA) is 158 Å². The molecule has 3 aromatic rings. The highest BCUT2D eigenvalue weighted by molar-refractivity contribution is 7.88. The van der Waals surface area contributed by atoms with E-state index in [0.717, 1.165) is 23.8 Å². The molecular formula is C23H26ClN9O3S. The lowest BCUT2D eigenvalue weighted by molar-refractivity contribution is -0.132. The molecule has 1 atom stereocenters. The average Bonchev–Trinajstić information content (AvgIpc) is 3.52. The molecular weight excluding hydrogens is 518 g/mol. The Kier molecular flexibility index (Phi) is 8.22. The molecule has 0 bridgehead atoms. The number of sulfonamides is 1. The van der Waals surface area contributed by atoms with Crippen LogP contribution in [0.5, 0.6) is 0 Å². The molecule has 4 rings (SSSR count). The SMILES string of the molecule is CS(=O)(=O)NCc1cccc(CNc2nc(Nc3cnn(CC(=O)N4CCC[C@@H]4C#N)c3)ncc2Cl)c1. The van der Waals surface area contributed by atoms with Crippen LogP contribution in [0.2, 0.25) is 5.02 Å². The Morgan fingerprint density at radius 3 is 2.81 bits per heavy atom. The zero-order valence-corrected chi connectivity index (χ0v) is 21.6. The molecule has 1 aliphatic rings. The highest BCUT2D eigenvalue weighted by atomic mass is 35.5. The van der Waals surface area contributed by atoms with Gasteiger partial charge in [0.05, 0.1) is 30.4 Å². The van der Waals surface area contributed by atoms with Crippen LogP contribution >= 0.6 is 11.6 Å². The van der Waals surface area contributed by atoms with Gasteiger partial charge in [-0.2, -0.15) is 15.3 Å². The van der Waals surface area contributed by atoms with E-state index in [4.69, 9.17) is 11.6 Å². The Morgan fingerprint density at radius 1 is 1.27 bits per heavy atom. The molecule has 0 radical (unpaired) electrons. The fraction of sp³-hybridized carbons (Fsp3) is 0.348. The molecule has 3 N–H and O–H groups in total. The number of aromatic nitrogens is 4. The molecule has 1 amide bonds. The average molecular weight is 544 g/mol. The first kappa shape index (κ1) is 26.3. The summed E-state index contributed by atoms with van der Waals surface area (Å²) < 4.78 is 26.6. The largest absolute Gasteiger partial charge is 0.365 e. The number of nitrogens with one attached hydrogen (secondary N) is 3. The van der Waals surface area contributed by atoms with E-state index in [0.29, 0.717) is 36.0 Å². The monoisotopic (exact) mass is 543 g/mol. The number of rotatable bonds is 10. The van der Waals surface area contributed by atoms with Gasteiger partial charge in [-0.05, 0) is 24.0 Å². The maximum atomic E-state index is 12.5. The molecule has 0 unspecified atom stereocenters. The van der Waals surface area contributed by atoms with E-state index in [9.17, 15) is 18.5 Å². The van der Waals surface area contributed by atoms with E-state index < -0.39 is 10.0 Å². The van der Waals surface area contributed by atoms with Crippen molar-refractivity contribution in [1.29, 1.82) is 5.26 Å². The Balaban J connectivity index is 1.36. The maximum absolute atomic E-state index is 12.5. The molecule has 0 saturated carbocycles. The zero-order chi connectivity index (χ0) is 26.4. The van der Waals surface area contributed by atoms with Gasteiger partial charge in [-0.3, -0.25) is 9.48 Å². The molecule has 37 heavy (non-hydrogen) atoms. The van der Waals surface area contributed by atoms with Gasteiger partial charge in [0, 0.05) is 25.8 Å². The van der Waals surface area contributed by atoms with Crippen LogP contribution in [-0.2, 0) is 34.5 Å². The third kappa shape index (κ3) is 7.39. The van der Waals surface area contributed by atoms with Gasteiger partial charge in [0.15, 0.2) is 5.82 Å². The van der Waals surface area contributed by atoms with Gasteiger partial charge in [0.2, 0.25) is 21.9 Å². The van der Waals surface area contributed by atoms with Gasteiger partial charge < -0.3 is 15.5 Å². The molecule has 1 aromatic carbocycles. The molecule has 0 spiro atoms. The van der Waals surface area contributed by atoms with Crippen molar-refractivity contribution in [1.82, 2.24) is 29.4 Å².